The first-order chi connectivity index (χ1) is 5.75. The fraction of sp³-hybridized carbons (Fsp3) is 0.556. The van der Waals surface area contributed by atoms with Crippen molar-refractivity contribution in [3.8, 4) is 0 Å². The van der Waals surface area contributed by atoms with Crippen LogP contribution in [0, 0.1) is 27.9 Å². The van der Waals surface area contributed by atoms with E-state index >= 15 is 0 Å². The average molecular weight is 165 g/mol. The van der Waals surface area contributed by atoms with Crippen LogP contribution in [0.2, 0.25) is 0 Å². The SMILES string of the molecule is O=[N+]([O-])/C=C/[C@H]1C[C@H]2C=C[C@@H]1C2. The molecule has 12 heavy (non-hydrogen) atoms. The molecule has 2 bridgehead atoms. The molecule has 2 aliphatic carbocycles. The van der Waals surface area contributed by atoms with Crippen molar-refractivity contribution in [3.05, 3.63) is 34.5 Å². The van der Waals surface area contributed by atoms with Crippen molar-refractivity contribution in [1.29, 1.82) is 0 Å². The predicted octanol–water partition coefficient (Wildman–Crippen LogP) is 1.99. The lowest BCUT2D eigenvalue weighted by atomic mass is 9.94. The Hall–Kier alpha value is -1.12. The number of allylic oxidation sites excluding steroid dienone is 3. The highest BCUT2D eigenvalue weighted by atomic mass is 16.6. The Morgan fingerprint density at radius 2 is 2.25 bits per heavy atom. The molecule has 0 radical (unpaired) electrons. The summed E-state index contributed by atoms with van der Waals surface area (Å²) in [6.45, 7) is 0. The molecule has 2 aliphatic rings. The molecule has 0 aromatic heterocycles. The third-order valence-corrected chi connectivity index (χ3v) is 2.79. The topological polar surface area (TPSA) is 43.1 Å². The Bertz CT molecular complexity index is 257. The second kappa shape index (κ2) is 2.73. The maximum Gasteiger partial charge on any atom is 0.230 e. The van der Waals surface area contributed by atoms with Gasteiger partial charge in [-0.15, -0.1) is 0 Å². The van der Waals surface area contributed by atoms with E-state index in [9.17, 15) is 10.1 Å². The molecule has 0 aromatic carbocycles. The molecule has 3 atom stereocenters. The van der Waals surface area contributed by atoms with Gasteiger partial charge >= 0.3 is 0 Å². The average Bonchev–Trinajstić information content (AvgIpc) is 2.60. The highest BCUT2D eigenvalue weighted by Crippen LogP contribution is 2.43. The van der Waals surface area contributed by atoms with Crippen LogP contribution in [0.4, 0.5) is 0 Å². The van der Waals surface area contributed by atoms with E-state index in [4.69, 9.17) is 0 Å². The molecular formula is C9H11NO2. The lowest BCUT2D eigenvalue weighted by molar-refractivity contribution is -0.402. The zero-order valence-electron chi connectivity index (χ0n) is 6.72. The van der Waals surface area contributed by atoms with Gasteiger partial charge in [-0.1, -0.05) is 12.2 Å². The van der Waals surface area contributed by atoms with E-state index in [-0.39, 0.29) is 4.92 Å². The first-order valence-electron chi connectivity index (χ1n) is 4.26. The minimum absolute atomic E-state index is 0.379. The van der Waals surface area contributed by atoms with Crippen molar-refractivity contribution in [2.24, 2.45) is 17.8 Å². The van der Waals surface area contributed by atoms with Gasteiger partial charge in [0.05, 0.1) is 4.92 Å². The van der Waals surface area contributed by atoms with Crippen molar-refractivity contribution in [3.63, 3.8) is 0 Å². The quantitative estimate of drug-likeness (QED) is 0.357. The zero-order chi connectivity index (χ0) is 8.55. The molecular weight excluding hydrogens is 154 g/mol. The van der Waals surface area contributed by atoms with Crippen LogP contribution in [0.3, 0.4) is 0 Å². The normalized spacial score (nSPS) is 38.2. The summed E-state index contributed by atoms with van der Waals surface area (Å²) in [6, 6.07) is 0. The van der Waals surface area contributed by atoms with Gasteiger partial charge in [0.2, 0.25) is 6.20 Å². The summed E-state index contributed by atoms with van der Waals surface area (Å²) >= 11 is 0. The Kier molecular flexibility index (Phi) is 1.71. The first-order valence-corrected chi connectivity index (χ1v) is 4.26. The predicted molar refractivity (Wildman–Crippen MR) is 45.0 cm³/mol. The van der Waals surface area contributed by atoms with Gasteiger partial charge in [-0.2, -0.15) is 0 Å². The second-order valence-corrected chi connectivity index (χ2v) is 3.57. The second-order valence-electron chi connectivity index (χ2n) is 3.57. The molecule has 0 unspecified atom stereocenters. The van der Waals surface area contributed by atoms with Crippen LogP contribution in [0.1, 0.15) is 12.8 Å². The largest absolute Gasteiger partial charge is 0.259 e. The van der Waals surface area contributed by atoms with Crippen LogP contribution in [0.15, 0.2) is 24.4 Å². The fourth-order valence-corrected chi connectivity index (χ4v) is 2.23. The summed E-state index contributed by atoms with van der Waals surface area (Å²) in [6.07, 6.45) is 9.57. The highest BCUT2D eigenvalue weighted by Gasteiger charge is 2.34. The van der Waals surface area contributed by atoms with E-state index in [1.54, 1.807) is 6.08 Å². The Morgan fingerprint density at radius 1 is 1.42 bits per heavy atom. The summed E-state index contributed by atoms with van der Waals surface area (Å²) in [5, 5.41) is 10.1. The zero-order valence-corrected chi connectivity index (χ0v) is 6.72. The third kappa shape index (κ3) is 1.26. The summed E-state index contributed by atoms with van der Waals surface area (Å²) in [5.74, 6) is 1.69. The molecule has 3 nitrogen and oxygen atoms in total. The van der Waals surface area contributed by atoms with Crippen molar-refractivity contribution < 1.29 is 4.92 Å². The summed E-state index contributed by atoms with van der Waals surface area (Å²) in [7, 11) is 0. The van der Waals surface area contributed by atoms with Crippen LogP contribution in [0.25, 0.3) is 0 Å². The van der Waals surface area contributed by atoms with E-state index in [1.165, 1.54) is 6.42 Å². The Balaban J connectivity index is 1.99. The van der Waals surface area contributed by atoms with Gasteiger partial charge in [0.25, 0.3) is 0 Å². The maximum atomic E-state index is 10.1. The lowest BCUT2D eigenvalue weighted by Gasteiger charge is -2.11. The van der Waals surface area contributed by atoms with Gasteiger partial charge in [0.1, 0.15) is 0 Å². The van der Waals surface area contributed by atoms with Gasteiger partial charge < -0.3 is 0 Å². The van der Waals surface area contributed by atoms with Crippen LogP contribution < -0.4 is 0 Å². The van der Waals surface area contributed by atoms with Gasteiger partial charge in [-0.25, -0.2) is 0 Å². The van der Waals surface area contributed by atoms with Gasteiger partial charge in [-0.05, 0) is 36.7 Å². The molecule has 0 N–H and O–H groups in total. The Labute approximate surface area is 70.9 Å². The van der Waals surface area contributed by atoms with Crippen LogP contribution in [-0.4, -0.2) is 4.92 Å². The van der Waals surface area contributed by atoms with E-state index in [0.717, 1.165) is 12.6 Å². The number of hydrogen-bond acceptors (Lipinski definition) is 2. The number of fused-ring (bicyclic) bond motifs is 2. The lowest BCUT2D eigenvalue weighted by Crippen LogP contribution is -2.03. The number of nitro groups is 1. The van der Waals surface area contributed by atoms with Crippen molar-refractivity contribution >= 4 is 0 Å². The van der Waals surface area contributed by atoms with Crippen LogP contribution >= 0.6 is 0 Å². The monoisotopic (exact) mass is 165 g/mol. The van der Waals surface area contributed by atoms with E-state index in [0.29, 0.717) is 17.8 Å². The third-order valence-electron chi connectivity index (χ3n) is 2.79. The van der Waals surface area contributed by atoms with Crippen molar-refractivity contribution in [2.45, 2.75) is 12.8 Å². The maximum absolute atomic E-state index is 10.1. The molecule has 3 heteroatoms. The minimum Gasteiger partial charge on any atom is -0.259 e. The van der Waals surface area contributed by atoms with E-state index in [1.807, 2.05) is 0 Å². The smallest absolute Gasteiger partial charge is 0.230 e. The number of rotatable bonds is 2. The van der Waals surface area contributed by atoms with Crippen molar-refractivity contribution in [1.82, 2.24) is 0 Å². The van der Waals surface area contributed by atoms with Crippen LogP contribution in [-0.2, 0) is 0 Å². The van der Waals surface area contributed by atoms with Crippen molar-refractivity contribution in [2.75, 3.05) is 0 Å². The minimum atomic E-state index is -0.379. The molecule has 0 heterocycles. The summed E-state index contributed by atoms with van der Waals surface area (Å²) in [4.78, 5) is 9.68. The summed E-state index contributed by atoms with van der Waals surface area (Å²) < 4.78 is 0. The van der Waals surface area contributed by atoms with Gasteiger partial charge in [0.15, 0.2) is 0 Å². The first kappa shape index (κ1) is 7.53. The highest BCUT2D eigenvalue weighted by molar-refractivity contribution is 5.13. The molecule has 0 spiro atoms. The number of nitrogens with zero attached hydrogens (tertiary/aromatic N) is 1. The van der Waals surface area contributed by atoms with Crippen LogP contribution in [0.5, 0.6) is 0 Å². The molecule has 64 valence electrons. The molecule has 0 amide bonds. The fourth-order valence-electron chi connectivity index (χ4n) is 2.23. The molecule has 0 aliphatic heterocycles. The van der Waals surface area contributed by atoms with E-state index in [2.05, 4.69) is 12.2 Å². The van der Waals surface area contributed by atoms with Gasteiger partial charge in [-0.3, -0.25) is 10.1 Å². The van der Waals surface area contributed by atoms with E-state index < -0.39 is 0 Å². The molecule has 1 saturated carbocycles. The Morgan fingerprint density at radius 3 is 2.75 bits per heavy atom. The van der Waals surface area contributed by atoms with Gasteiger partial charge in [0, 0.05) is 0 Å². The molecule has 2 rings (SSSR count). The summed E-state index contributed by atoms with van der Waals surface area (Å²) in [5.41, 5.74) is 0. The molecule has 0 saturated heterocycles. The molecule has 0 aromatic rings. The standard InChI is InChI=1S/C9H11NO2/c11-10(12)4-3-9-6-7-1-2-8(9)5-7/h1-4,7-9H,5-6H2/b4-3+/t7-,8+,9-/m0/s1. The number of hydrogen-bond donors (Lipinski definition) is 0. The molecule has 1 fully saturated rings.